The average molecular weight is 386 g/mol. The van der Waals surface area contributed by atoms with E-state index in [1.54, 1.807) is 0 Å². The highest BCUT2D eigenvalue weighted by atomic mass is 16.5. The molecule has 0 radical (unpaired) electrons. The summed E-state index contributed by atoms with van der Waals surface area (Å²) >= 11 is 0. The van der Waals surface area contributed by atoms with Gasteiger partial charge in [-0.05, 0) is 48.2 Å². The van der Waals surface area contributed by atoms with Crippen LogP contribution in [-0.4, -0.2) is 30.8 Å². The lowest BCUT2D eigenvalue weighted by Crippen LogP contribution is -2.05. The second-order valence-corrected chi connectivity index (χ2v) is 6.25. The molecule has 1 N–H and O–H groups in total. The third-order valence-electron chi connectivity index (χ3n) is 4.01. The molecule has 152 valence electrons. The van der Waals surface area contributed by atoms with E-state index in [-0.39, 0.29) is 12.4 Å². The van der Waals surface area contributed by atoms with Gasteiger partial charge >= 0.3 is 5.97 Å². The van der Waals surface area contributed by atoms with Crippen LogP contribution in [-0.2, 0) is 9.53 Å². The van der Waals surface area contributed by atoms with Crippen molar-refractivity contribution in [2.24, 2.45) is 0 Å². The molecule has 2 aromatic carbocycles. The molecule has 0 fully saturated rings. The SMILES string of the molecule is CCCCCCOc1ccc(-c2ccc(C(=O)OCCC)cc2)cc1.O=CO. The van der Waals surface area contributed by atoms with Gasteiger partial charge in [0.25, 0.3) is 6.47 Å². The quantitative estimate of drug-likeness (QED) is 0.328. The molecule has 0 aliphatic carbocycles. The Morgan fingerprint density at radius 2 is 1.43 bits per heavy atom. The molecule has 2 rings (SSSR count). The lowest BCUT2D eigenvalue weighted by Gasteiger charge is -2.08. The maximum absolute atomic E-state index is 11.8. The normalized spacial score (nSPS) is 9.79. The highest BCUT2D eigenvalue weighted by molar-refractivity contribution is 5.90. The van der Waals surface area contributed by atoms with Crippen LogP contribution in [0.1, 0.15) is 56.3 Å². The first-order valence-electron chi connectivity index (χ1n) is 9.74. The van der Waals surface area contributed by atoms with Gasteiger partial charge in [0.1, 0.15) is 5.75 Å². The molecule has 0 aliphatic rings. The smallest absolute Gasteiger partial charge is 0.338 e. The van der Waals surface area contributed by atoms with Gasteiger partial charge in [-0.15, -0.1) is 0 Å². The number of ether oxygens (including phenoxy) is 2. The van der Waals surface area contributed by atoms with Gasteiger partial charge in [0.2, 0.25) is 0 Å². The number of esters is 1. The van der Waals surface area contributed by atoms with Crippen LogP contribution >= 0.6 is 0 Å². The predicted octanol–water partition coefficient (Wildman–Crippen LogP) is 5.58. The summed E-state index contributed by atoms with van der Waals surface area (Å²) in [6, 6.07) is 15.6. The molecule has 0 heterocycles. The number of carbonyl (C=O) groups excluding carboxylic acids is 1. The summed E-state index contributed by atoms with van der Waals surface area (Å²) in [7, 11) is 0. The molecule has 5 nitrogen and oxygen atoms in total. The van der Waals surface area contributed by atoms with Crippen LogP contribution in [0, 0.1) is 0 Å². The monoisotopic (exact) mass is 386 g/mol. The van der Waals surface area contributed by atoms with Crippen molar-refractivity contribution >= 4 is 12.4 Å². The minimum atomic E-state index is -0.264. The van der Waals surface area contributed by atoms with Gasteiger partial charge < -0.3 is 14.6 Å². The molecule has 0 saturated carbocycles. The van der Waals surface area contributed by atoms with E-state index in [2.05, 4.69) is 6.92 Å². The number of benzene rings is 2. The molecule has 0 spiro atoms. The predicted molar refractivity (Wildman–Crippen MR) is 111 cm³/mol. The molecule has 0 atom stereocenters. The average Bonchev–Trinajstić information content (AvgIpc) is 2.73. The first kappa shape index (κ1) is 23.2. The van der Waals surface area contributed by atoms with Crippen LogP contribution in [0.15, 0.2) is 48.5 Å². The van der Waals surface area contributed by atoms with Crippen LogP contribution in [0.3, 0.4) is 0 Å². The molecule has 0 amide bonds. The largest absolute Gasteiger partial charge is 0.494 e. The Labute approximate surface area is 167 Å². The van der Waals surface area contributed by atoms with Crippen molar-refractivity contribution in [3.63, 3.8) is 0 Å². The van der Waals surface area contributed by atoms with Crippen LogP contribution in [0.25, 0.3) is 11.1 Å². The van der Waals surface area contributed by atoms with E-state index in [0.29, 0.717) is 12.2 Å². The maximum atomic E-state index is 11.8. The highest BCUT2D eigenvalue weighted by Gasteiger charge is 2.07. The van der Waals surface area contributed by atoms with E-state index in [9.17, 15) is 4.79 Å². The van der Waals surface area contributed by atoms with E-state index in [4.69, 9.17) is 19.4 Å². The summed E-state index contributed by atoms with van der Waals surface area (Å²) in [4.78, 5) is 20.2. The molecule has 0 aliphatic heterocycles. The van der Waals surface area contributed by atoms with Crippen LogP contribution in [0.5, 0.6) is 5.75 Å². The molecule has 28 heavy (non-hydrogen) atoms. The van der Waals surface area contributed by atoms with E-state index in [0.717, 1.165) is 36.3 Å². The Kier molecular flexibility index (Phi) is 11.8. The zero-order valence-corrected chi connectivity index (χ0v) is 16.7. The molecule has 0 saturated heterocycles. The molecule has 5 heteroatoms. The summed E-state index contributed by atoms with van der Waals surface area (Å²) in [5, 5.41) is 6.89. The third kappa shape index (κ3) is 8.71. The lowest BCUT2D eigenvalue weighted by molar-refractivity contribution is -0.122. The Balaban J connectivity index is 0.00000122. The first-order chi connectivity index (χ1) is 13.7. The molecule has 0 aromatic heterocycles. The number of carbonyl (C=O) groups is 2. The van der Waals surface area contributed by atoms with Crippen LogP contribution < -0.4 is 4.74 Å². The topological polar surface area (TPSA) is 72.8 Å². The number of hydrogen-bond acceptors (Lipinski definition) is 4. The summed E-state index contributed by atoms with van der Waals surface area (Å²) in [6.45, 7) is 5.17. The number of carboxylic acid groups (broad SMARTS) is 1. The standard InChI is InChI=1S/C22H28O3.CH2O2/c1-3-5-6-7-17-24-21-14-12-19(13-15-21)18-8-10-20(11-9-18)22(23)25-16-4-2;2-1-3/h8-15H,3-7,16-17H2,1-2H3;1H,(H,2,3). The van der Waals surface area contributed by atoms with Gasteiger partial charge in [-0.25, -0.2) is 4.79 Å². The Morgan fingerprint density at radius 3 is 1.96 bits per heavy atom. The Bertz CT molecular complexity index is 677. The minimum Gasteiger partial charge on any atom is -0.494 e. The zero-order valence-electron chi connectivity index (χ0n) is 16.7. The molecule has 0 bridgehead atoms. The van der Waals surface area contributed by atoms with Crippen molar-refractivity contribution in [3.8, 4) is 16.9 Å². The zero-order chi connectivity index (χ0) is 20.6. The van der Waals surface area contributed by atoms with Gasteiger partial charge in [0.15, 0.2) is 0 Å². The number of rotatable bonds is 10. The first-order valence-corrected chi connectivity index (χ1v) is 9.74. The second kappa shape index (κ2) is 14.3. The molecular formula is C23H30O5. The summed E-state index contributed by atoms with van der Waals surface area (Å²) in [5.41, 5.74) is 2.76. The second-order valence-electron chi connectivity index (χ2n) is 6.25. The van der Waals surface area contributed by atoms with Gasteiger partial charge in [0.05, 0.1) is 18.8 Å². The third-order valence-corrected chi connectivity index (χ3v) is 4.01. The van der Waals surface area contributed by atoms with Crippen molar-refractivity contribution in [1.29, 1.82) is 0 Å². The molecule has 2 aromatic rings. The van der Waals surface area contributed by atoms with E-state index in [1.165, 1.54) is 19.3 Å². The van der Waals surface area contributed by atoms with Crippen molar-refractivity contribution in [1.82, 2.24) is 0 Å². The highest BCUT2D eigenvalue weighted by Crippen LogP contribution is 2.23. The van der Waals surface area contributed by atoms with E-state index in [1.807, 2.05) is 55.5 Å². The summed E-state index contributed by atoms with van der Waals surface area (Å²) < 4.78 is 10.9. The fraction of sp³-hybridized carbons (Fsp3) is 0.391. The summed E-state index contributed by atoms with van der Waals surface area (Å²) in [6.07, 6.45) is 5.66. The van der Waals surface area contributed by atoms with Crippen LogP contribution in [0.2, 0.25) is 0 Å². The van der Waals surface area contributed by atoms with Crippen molar-refractivity contribution in [3.05, 3.63) is 54.1 Å². The van der Waals surface area contributed by atoms with Gasteiger partial charge in [-0.3, -0.25) is 4.79 Å². The van der Waals surface area contributed by atoms with E-state index >= 15 is 0 Å². The fourth-order valence-corrected chi connectivity index (χ4v) is 2.54. The van der Waals surface area contributed by atoms with Crippen molar-refractivity contribution in [2.75, 3.05) is 13.2 Å². The fourth-order valence-electron chi connectivity index (χ4n) is 2.54. The Hall–Kier alpha value is -2.82. The maximum Gasteiger partial charge on any atom is 0.338 e. The van der Waals surface area contributed by atoms with Gasteiger partial charge in [-0.2, -0.15) is 0 Å². The molecule has 0 unspecified atom stereocenters. The minimum absolute atomic E-state index is 0.250. The van der Waals surface area contributed by atoms with E-state index < -0.39 is 0 Å². The summed E-state index contributed by atoms with van der Waals surface area (Å²) in [5.74, 6) is 0.639. The lowest BCUT2D eigenvalue weighted by atomic mass is 10.0. The van der Waals surface area contributed by atoms with Gasteiger partial charge in [-0.1, -0.05) is 57.4 Å². The Morgan fingerprint density at radius 1 is 0.857 bits per heavy atom. The van der Waals surface area contributed by atoms with Crippen LogP contribution in [0.4, 0.5) is 0 Å². The molecular weight excluding hydrogens is 356 g/mol. The van der Waals surface area contributed by atoms with Crippen molar-refractivity contribution < 1.29 is 24.2 Å². The van der Waals surface area contributed by atoms with Crippen molar-refractivity contribution in [2.45, 2.75) is 46.0 Å². The number of unbranched alkanes of at least 4 members (excludes halogenated alkanes) is 3. The van der Waals surface area contributed by atoms with Gasteiger partial charge in [0, 0.05) is 0 Å². The number of hydrogen-bond donors (Lipinski definition) is 1.